The third-order valence-corrected chi connectivity index (χ3v) is 3.67. The molecule has 0 aliphatic heterocycles. The smallest absolute Gasteiger partial charge is 0.304 e. The van der Waals surface area contributed by atoms with E-state index in [-0.39, 0.29) is 17.7 Å². The van der Waals surface area contributed by atoms with Gasteiger partial charge >= 0.3 is 5.97 Å². The molecule has 0 unspecified atom stereocenters. The van der Waals surface area contributed by atoms with E-state index in [1.54, 1.807) is 0 Å². The van der Waals surface area contributed by atoms with Crippen molar-refractivity contribution in [3.8, 4) is 5.75 Å². The summed E-state index contributed by atoms with van der Waals surface area (Å²) in [5.74, 6) is -5.27. The molecule has 20 heavy (non-hydrogen) atoms. The fraction of sp³-hybridized carbons (Fsp3) is 0.500. The van der Waals surface area contributed by atoms with Gasteiger partial charge in [-0.2, -0.15) is 0 Å². The lowest BCUT2D eigenvalue weighted by molar-refractivity contribution is -0.137. The summed E-state index contributed by atoms with van der Waals surface area (Å²) in [4.78, 5) is 10.9. The lowest BCUT2D eigenvalue weighted by Gasteiger charge is -2.21. The van der Waals surface area contributed by atoms with Crippen molar-refractivity contribution >= 4 is 5.97 Å². The maximum atomic E-state index is 13.9. The lowest BCUT2D eigenvalue weighted by Crippen LogP contribution is -2.17. The van der Waals surface area contributed by atoms with E-state index >= 15 is 0 Å². The Balaban J connectivity index is 2.56. The predicted octanol–water partition coefficient (Wildman–Crippen LogP) is 3.45. The van der Waals surface area contributed by atoms with Gasteiger partial charge in [-0.05, 0) is 25.0 Å². The largest absolute Gasteiger partial charge is 0.493 e. The fourth-order valence-electron chi connectivity index (χ4n) is 2.43. The van der Waals surface area contributed by atoms with Gasteiger partial charge in [-0.3, -0.25) is 4.79 Å². The first-order chi connectivity index (χ1) is 9.19. The minimum atomic E-state index is -3.19. The number of alkyl halides is 2. The van der Waals surface area contributed by atoms with Crippen molar-refractivity contribution in [2.75, 3.05) is 7.11 Å². The number of carbonyl (C=O) groups is 1. The van der Waals surface area contributed by atoms with Crippen LogP contribution in [0.25, 0.3) is 0 Å². The van der Waals surface area contributed by atoms with E-state index in [0.717, 1.165) is 12.1 Å². The molecule has 1 aromatic rings. The molecule has 2 rings (SSSR count). The van der Waals surface area contributed by atoms with Crippen LogP contribution < -0.4 is 4.74 Å². The molecular formula is C14H15F3O3. The van der Waals surface area contributed by atoms with Crippen molar-refractivity contribution in [1.29, 1.82) is 0 Å². The summed E-state index contributed by atoms with van der Waals surface area (Å²) < 4.78 is 45.7. The molecule has 110 valence electrons. The van der Waals surface area contributed by atoms with Crippen molar-refractivity contribution in [2.24, 2.45) is 0 Å². The Morgan fingerprint density at radius 1 is 1.45 bits per heavy atom. The molecule has 1 saturated carbocycles. The maximum Gasteiger partial charge on any atom is 0.304 e. The van der Waals surface area contributed by atoms with E-state index in [4.69, 9.17) is 9.84 Å². The first kappa shape index (κ1) is 14.7. The molecule has 0 spiro atoms. The number of carboxylic acids is 1. The second-order valence-corrected chi connectivity index (χ2v) is 5.28. The third-order valence-electron chi connectivity index (χ3n) is 3.67. The molecule has 0 bridgehead atoms. The number of ether oxygens (including phenoxy) is 1. The predicted molar refractivity (Wildman–Crippen MR) is 65.7 cm³/mol. The van der Waals surface area contributed by atoms with Gasteiger partial charge in [-0.15, -0.1) is 0 Å². The highest BCUT2D eigenvalue weighted by atomic mass is 19.3. The van der Waals surface area contributed by atoms with Crippen LogP contribution in [0.5, 0.6) is 5.75 Å². The van der Waals surface area contributed by atoms with E-state index in [0.29, 0.717) is 19.8 Å². The summed E-state index contributed by atoms with van der Waals surface area (Å²) in [7, 11) is 1.24. The molecule has 0 aromatic heterocycles. The van der Waals surface area contributed by atoms with Crippen LogP contribution in [0, 0.1) is 5.82 Å². The van der Waals surface area contributed by atoms with Gasteiger partial charge < -0.3 is 9.84 Å². The fourth-order valence-corrected chi connectivity index (χ4v) is 2.43. The summed E-state index contributed by atoms with van der Waals surface area (Å²) in [5, 5.41) is 8.93. The Kier molecular flexibility index (Phi) is 3.44. The second kappa shape index (κ2) is 4.68. The molecule has 0 amide bonds. The first-order valence-electron chi connectivity index (χ1n) is 6.18. The van der Waals surface area contributed by atoms with Crippen molar-refractivity contribution in [2.45, 2.75) is 37.5 Å². The number of carboxylic acid groups (broad SMARTS) is 1. The molecule has 1 aromatic carbocycles. The SMILES string of the molecule is COc1c(F)cc(C(C)(F)F)cc1C1(CC(=O)O)CC1. The Morgan fingerprint density at radius 2 is 2.05 bits per heavy atom. The number of methoxy groups -OCH3 is 1. The van der Waals surface area contributed by atoms with E-state index in [2.05, 4.69) is 0 Å². The van der Waals surface area contributed by atoms with Gasteiger partial charge in [-0.1, -0.05) is 0 Å². The molecule has 6 heteroatoms. The molecule has 3 nitrogen and oxygen atoms in total. The van der Waals surface area contributed by atoms with Gasteiger partial charge in [0.15, 0.2) is 11.6 Å². The number of benzene rings is 1. The minimum absolute atomic E-state index is 0.142. The van der Waals surface area contributed by atoms with Crippen LogP contribution in [-0.2, 0) is 16.1 Å². The third kappa shape index (κ3) is 2.59. The van der Waals surface area contributed by atoms with Crippen LogP contribution in [0.4, 0.5) is 13.2 Å². The molecule has 1 aliphatic rings. The van der Waals surface area contributed by atoms with Crippen molar-refractivity contribution in [3.63, 3.8) is 0 Å². The Hall–Kier alpha value is -1.72. The zero-order valence-electron chi connectivity index (χ0n) is 11.2. The highest BCUT2D eigenvalue weighted by Crippen LogP contribution is 2.55. The molecule has 0 saturated heterocycles. The maximum absolute atomic E-state index is 13.9. The Labute approximate surface area is 114 Å². The van der Waals surface area contributed by atoms with Gasteiger partial charge in [0.25, 0.3) is 5.92 Å². The van der Waals surface area contributed by atoms with Gasteiger partial charge in [-0.25, -0.2) is 13.2 Å². The van der Waals surface area contributed by atoms with Crippen LogP contribution in [0.2, 0.25) is 0 Å². The monoisotopic (exact) mass is 288 g/mol. The summed E-state index contributed by atoms with van der Waals surface area (Å²) >= 11 is 0. The lowest BCUT2D eigenvalue weighted by atomic mass is 9.89. The number of hydrogen-bond acceptors (Lipinski definition) is 2. The van der Waals surface area contributed by atoms with Gasteiger partial charge in [0.2, 0.25) is 0 Å². The van der Waals surface area contributed by atoms with E-state index in [1.807, 2.05) is 0 Å². The Bertz CT molecular complexity index is 545. The molecule has 1 N–H and O–H groups in total. The minimum Gasteiger partial charge on any atom is -0.493 e. The average molecular weight is 288 g/mol. The van der Waals surface area contributed by atoms with E-state index in [9.17, 15) is 18.0 Å². The highest BCUT2D eigenvalue weighted by molar-refractivity contribution is 5.70. The molecule has 0 heterocycles. The molecule has 1 fully saturated rings. The molecule has 0 radical (unpaired) electrons. The first-order valence-corrected chi connectivity index (χ1v) is 6.18. The number of halogens is 3. The molecule has 1 aliphatic carbocycles. The van der Waals surface area contributed by atoms with Crippen molar-refractivity contribution < 1.29 is 27.8 Å². The topological polar surface area (TPSA) is 46.5 Å². The average Bonchev–Trinajstić information content (AvgIpc) is 3.06. The van der Waals surface area contributed by atoms with Crippen LogP contribution >= 0.6 is 0 Å². The second-order valence-electron chi connectivity index (χ2n) is 5.28. The zero-order valence-corrected chi connectivity index (χ0v) is 11.2. The van der Waals surface area contributed by atoms with Gasteiger partial charge in [0, 0.05) is 23.5 Å². The number of rotatable bonds is 5. The summed E-state index contributed by atoms with van der Waals surface area (Å²) in [6.07, 6.45) is 0.823. The Morgan fingerprint density at radius 3 is 2.45 bits per heavy atom. The van der Waals surface area contributed by atoms with Crippen LogP contribution in [0.1, 0.15) is 37.3 Å². The quantitative estimate of drug-likeness (QED) is 0.902. The van der Waals surface area contributed by atoms with Crippen LogP contribution in [0.3, 0.4) is 0 Å². The van der Waals surface area contributed by atoms with E-state index < -0.39 is 28.7 Å². The molecule has 0 atom stereocenters. The summed E-state index contributed by atoms with van der Waals surface area (Å²) in [5.41, 5.74) is -1.04. The highest BCUT2D eigenvalue weighted by Gasteiger charge is 2.49. The standard InChI is InChI=1S/C14H15F3O3/c1-13(16,17)8-5-9(12(20-2)10(15)6-8)14(3-4-14)7-11(18)19/h5-6H,3-4,7H2,1-2H3,(H,18,19). The van der Waals surface area contributed by atoms with E-state index in [1.165, 1.54) is 7.11 Å². The summed E-state index contributed by atoms with van der Waals surface area (Å²) in [6, 6.07) is 1.90. The van der Waals surface area contributed by atoms with Gasteiger partial charge in [0.05, 0.1) is 13.5 Å². The summed E-state index contributed by atoms with van der Waals surface area (Å²) in [6.45, 7) is 0.675. The van der Waals surface area contributed by atoms with Gasteiger partial charge in [0.1, 0.15) is 0 Å². The van der Waals surface area contributed by atoms with Crippen LogP contribution in [-0.4, -0.2) is 18.2 Å². The molecular weight excluding hydrogens is 273 g/mol. The normalized spacial score (nSPS) is 16.9. The number of aliphatic carboxylic acids is 1. The number of hydrogen-bond donors (Lipinski definition) is 1. The van der Waals surface area contributed by atoms with Crippen molar-refractivity contribution in [3.05, 3.63) is 29.1 Å². The van der Waals surface area contributed by atoms with Crippen LogP contribution in [0.15, 0.2) is 12.1 Å². The van der Waals surface area contributed by atoms with Crippen molar-refractivity contribution in [1.82, 2.24) is 0 Å². The zero-order chi connectivity index (χ0) is 15.1.